The van der Waals surface area contributed by atoms with Crippen LogP contribution >= 0.6 is 11.8 Å². The van der Waals surface area contributed by atoms with Crippen molar-refractivity contribution in [2.45, 2.75) is 71.3 Å². The highest BCUT2D eigenvalue weighted by Crippen LogP contribution is 2.11. The summed E-state index contributed by atoms with van der Waals surface area (Å²) in [4.78, 5) is 11.8. The van der Waals surface area contributed by atoms with Gasteiger partial charge in [0.2, 0.25) is 5.91 Å². The molecule has 23 heavy (non-hydrogen) atoms. The van der Waals surface area contributed by atoms with Crippen LogP contribution in [0.5, 0.6) is 0 Å². The van der Waals surface area contributed by atoms with Crippen LogP contribution in [0.2, 0.25) is 0 Å². The van der Waals surface area contributed by atoms with E-state index in [1.165, 1.54) is 56.5 Å². The van der Waals surface area contributed by atoms with Gasteiger partial charge in [0, 0.05) is 13.0 Å². The van der Waals surface area contributed by atoms with Crippen molar-refractivity contribution in [2.24, 2.45) is 0 Å². The molecule has 1 aromatic rings. The molecule has 130 valence electrons. The third-order valence-corrected chi connectivity index (χ3v) is 4.96. The Hall–Kier alpha value is -0.960. The second kappa shape index (κ2) is 14.6. The first-order chi connectivity index (χ1) is 11.3. The van der Waals surface area contributed by atoms with E-state index in [4.69, 9.17) is 0 Å². The van der Waals surface area contributed by atoms with E-state index in [1.54, 1.807) is 0 Å². The number of thioether (sulfide) groups is 1. The normalized spacial score (nSPS) is 10.7. The Morgan fingerprint density at radius 3 is 2.17 bits per heavy atom. The Morgan fingerprint density at radius 2 is 1.52 bits per heavy atom. The molecule has 0 fully saturated rings. The van der Waals surface area contributed by atoms with Gasteiger partial charge in [0.1, 0.15) is 0 Å². The lowest BCUT2D eigenvalue weighted by Gasteiger charge is -2.05. The predicted octanol–water partition coefficient (Wildman–Crippen LogP) is 5.57. The highest BCUT2D eigenvalue weighted by atomic mass is 32.2. The Kier molecular flexibility index (Phi) is 12.8. The van der Waals surface area contributed by atoms with Crippen molar-refractivity contribution in [3.63, 3.8) is 0 Å². The summed E-state index contributed by atoms with van der Waals surface area (Å²) < 4.78 is 0. The van der Waals surface area contributed by atoms with Crippen LogP contribution in [0.4, 0.5) is 0 Å². The molecule has 0 bridgehead atoms. The van der Waals surface area contributed by atoms with Gasteiger partial charge in [-0.25, -0.2) is 0 Å². The number of hydrogen-bond acceptors (Lipinski definition) is 2. The monoisotopic (exact) mass is 335 g/mol. The largest absolute Gasteiger partial charge is 0.352 e. The van der Waals surface area contributed by atoms with Crippen molar-refractivity contribution in [3.05, 3.63) is 35.9 Å². The second-order valence-corrected chi connectivity index (χ2v) is 7.43. The molecule has 1 amide bonds. The summed E-state index contributed by atoms with van der Waals surface area (Å²) >= 11 is 2.05. The quantitative estimate of drug-likeness (QED) is 0.450. The van der Waals surface area contributed by atoms with Crippen LogP contribution in [0.1, 0.15) is 70.3 Å². The van der Waals surface area contributed by atoms with E-state index in [0.717, 1.165) is 12.0 Å². The third kappa shape index (κ3) is 12.2. The Bertz CT molecular complexity index is 394. The van der Waals surface area contributed by atoms with Crippen molar-refractivity contribution < 1.29 is 4.79 Å². The number of amides is 1. The first-order valence-electron chi connectivity index (χ1n) is 9.21. The molecule has 2 nitrogen and oxygen atoms in total. The zero-order chi connectivity index (χ0) is 16.6. The smallest absolute Gasteiger partial charge is 0.220 e. The van der Waals surface area contributed by atoms with Crippen LogP contribution in [-0.2, 0) is 11.3 Å². The van der Waals surface area contributed by atoms with Gasteiger partial charge >= 0.3 is 0 Å². The molecule has 1 rings (SSSR count). The van der Waals surface area contributed by atoms with E-state index in [2.05, 4.69) is 24.0 Å². The Morgan fingerprint density at radius 1 is 0.913 bits per heavy atom. The third-order valence-electron chi connectivity index (χ3n) is 3.98. The average Bonchev–Trinajstić information content (AvgIpc) is 2.59. The Balaban J connectivity index is 1.84. The molecule has 0 aliphatic carbocycles. The van der Waals surface area contributed by atoms with Crippen molar-refractivity contribution in [1.82, 2.24) is 5.32 Å². The summed E-state index contributed by atoms with van der Waals surface area (Å²) in [6.07, 6.45) is 11.0. The van der Waals surface area contributed by atoms with Crippen molar-refractivity contribution >= 4 is 17.7 Å². The topological polar surface area (TPSA) is 29.1 Å². The number of rotatable bonds is 14. The fraction of sp³-hybridized carbons (Fsp3) is 0.650. The van der Waals surface area contributed by atoms with Gasteiger partial charge < -0.3 is 5.32 Å². The summed E-state index contributed by atoms with van der Waals surface area (Å²) in [5.74, 6) is 2.76. The minimum absolute atomic E-state index is 0.183. The summed E-state index contributed by atoms with van der Waals surface area (Å²) in [5.41, 5.74) is 1.16. The van der Waals surface area contributed by atoms with Crippen molar-refractivity contribution in [3.8, 4) is 0 Å². The molecule has 0 radical (unpaired) electrons. The highest BCUT2D eigenvalue weighted by Gasteiger charge is 2.01. The summed E-state index contributed by atoms with van der Waals surface area (Å²) in [6.45, 7) is 2.88. The van der Waals surface area contributed by atoms with E-state index in [-0.39, 0.29) is 5.91 Å². The van der Waals surface area contributed by atoms with Gasteiger partial charge in [-0.15, -0.1) is 0 Å². The number of carbonyl (C=O) groups excluding carboxylic acids is 1. The molecule has 0 aromatic heterocycles. The number of hydrogen-bond donors (Lipinski definition) is 1. The zero-order valence-electron chi connectivity index (χ0n) is 14.7. The molecule has 0 saturated heterocycles. The van der Waals surface area contributed by atoms with Gasteiger partial charge in [0.15, 0.2) is 0 Å². The van der Waals surface area contributed by atoms with Gasteiger partial charge in [0.25, 0.3) is 0 Å². The fourth-order valence-electron chi connectivity index (χ4n) is 2.58. The van der Waals surface area contributed by atoms with E-state index in [1.807, 2.05) is 30.3 Å². The van der Waals surface area contributed by atoms with Crippen molar-refractivity contribution in [2.75, 3.05) is 11.5 Å². The average molecular weight is 336 g/mol. The highest BCUT2D eigenvalue weighted by molar-refractivity contribution is 7.99. The molecule has 0 saturated carbocycles. The van der Waals surface area contributed by atoms with Crippen molar-refractivity contribution in [1.29, 1.82) is 0 Å². The lowest BCUT2D eigenvalue weighted by molar-refractivity contribution is -0.121. The van der Waals surface area contributed by atoms with Crippen LogP contribution < -0.4 is 5.32 Å². The zero-order valence-corrected chi connectivity index (χ0v) is 15.5. The van der Waals surface area contributed by atoms with Gasteiger partial charge in [-0.1, -0.05) is 75.8 Å². The van der Waals surface area contributed by atoms with Crippen LogP contribution in [0.3, 0.4) is 0 Å². The van der Waals surface area contributed by atoms with Gasteiger partial charge in [-0.05, 0) is 29.9 Å². The molecule has 1 N–H and O–H groups in total. The number of benzene rings is 1. The number of carbonyl (C=O) groups is 1. The minimum atomic E-state index is 0.183. The molecule has 0 aliphatic heterocycles. The first kappa shape index (κ1) is 20.1. The predicted molar refractivity (Wildman–Crippen MR) is 103 cm³/mol. The molecule has 0 unspecified atom stereocenters. The maximum Gasteiger partial charge on any atom is 0.220 e. The minimum Gasteiger partial charge on any atom is -0.352 e. The second-order valence-electron chi connectivity index (χ2n) is 6.04. The standard InChI is InChI=1S/C20H33NOS/c1-2-23-17-13-8-6-4-3-5-7-12-16-20(22)21-18-19-14-10-9-11-15-19/h9-11,14-15H,2-8,12-13,16-18H2,1H3,(H,21,22). The lowest BCUT2D eigenvalue weighted by atomic mass is 10.1. The van der Waals surface area contributed by atoms with E-state index < -0.39 is 0 Å². The van der Waals surface area contributed by atoms with E-state index >= 15 is 0 Å². The molecular weight excluding hydrogens is 302 g/mol. The maximum atomic E-state index is 11.8. The molecule has 0 spiro atoms. The SMILES string of the molecule is CCSCCCCCCCCCCC(=O)NCc1ccccc1. The van der Waals surface area contributed by atoms with Gasteiger partial charge in [-0.2, -0.15) is 11.8 Å². The molecule has 0 atom stereocenters. The fourth-order valence-corrected chi connectivity index (χ4v) is 3.28. The lowest BCUT2D eigenvalue weighted by Crippen LogP contribution is -2.22. The first-order valence-corrected chi connectivity index (χ1v) is 10.4. The molecular formula is C20H33NOS. The van der Waals surface area contributed by atoms with Crippen LogP contribution in [0, 0.1) is 0 Å². The van der Waals surface area contributed by atoms with E-state index in [9.17, 15) is 4.79 Å². The van der Waals surface area contributed by atoms with Crippen LogP contribution in [0.15, 0.2) is 30.3 Å². The molecule has 1 aromatic carbocycles. The summed E-state index contributed by atoms with van der Waals surface area (Å²) in [7, 11) is 0. The van der Waals surface area contributed by atoms with Crippen LogP contribution in [-0.4, -0.2) is 17.4 Å². The molecule has 0 aliphatic rings. The maximum absolute atomic E-state index is 11.8. The molecule has 0 heterocycles. The summed E-state index contributed by atoms with van der Waals surface area (Å²) in [6, 6.07) is 10.1. The number of nitrogens with one attached hydrogen (secondary N) is 1. The van der Waals surface area contributed by atoms with Gasteiger partial charge in [0.05, 0.1) is 0 Å². The van der Waals surface area contributed by atoms with Crippen LogP contribution in [0.25, 0.3) is 0 Å². The number of unbranched alkanes of at least 4 members (excludes halogenated alkanes) is 7. The van der Waals surface area contributed by atoms with E-state index in [0.29, 0.717) is 13.0 Å². The molecule has 3 heteroatoms. The van der Waals surface area contributed by atoms with Gasteiger partial charge in [-0.3, -0.25) is 4.79 Å². The Labute approximate surface area is 146 Å². The summed E-state index contributed by atoms with van der Waals surface area (Å²) in [5, 5.41) is 2.99.